The van der Waals surface area contributed by atoms with Gasteiger partial charge in [0.2, 0.25) is 10.1 Å². The number of benzene rings is 1. The molecule has 4 rings (SSSR count). The van der Waals surface area contributed by atoms with E-state index in [1.165, 1.54) is 28.3 Å². The summed E-state index contributed by atoms with van der Waals surface area (Å²) in [5.41, 5.74) is 4.55. The maximum atomic E-state index is 13.0. The first-order valence-electron chi connectivity index (χ1n) is 6.94. The van der Waals surface area contributed by atoms with Crippen LogP contribution in [0, 0.1) is 12.7 Å². The fourth-order valence-electron chi connectivity index (χ4n) is 2.18. The second kappa shape index (κ2) is 5.71. The van der Waals surface area contributed by atoms with Crippen LogP contribution in [-0.2, 0) is 6.54 Å². The molecule has 1 aromatic carbocycles. The van der Waals surface area contributed by atoms with Crippen molar-refractivity contribution in [3.05, 3.63) is 52.4 Å². The fraction of sp³-hybridized carbons (Fsp3) is 0.133. The first-order valence-corrected chi connectivity index (χ1v) is 8.63. The average Bonchev–Trinajstić information content (AvgIpc) is 3.20. The minimum Gasteiger partial charge on any atom is -0.355 e. The Balaban J connectivity index is 1.54. The molecule has 23 heavy (non-hydrogen) atoms. The summed E-state index contributed by atoms with van der Waals surface area (Å²) in [5, 5.41) is 8.59. The van der Waals surface area contributed by atoms with Gasteiger partial charge in [-0.05, 0) is 31.2 Å². The number of aromatic nitrogens is 4. The molecule has 0 radical (unpaired) electrons. The van der Waals surface area contributed by atoms with E-state index in [2.05, 4.69) is 20.4 Å². The topological polar surface area (TPSA) is 55.1 Å². The summed E-state index contributed by atoms with van der Waals surface area (Å²) in [6.45, 7) is 2.70. The molecule has 5 nitrogen and oxygen atoms in total. The maximum absolute atomic E-state index is 13.0. The van der Waals surface area contributed by atoms with Crippen LogP contribution in [0.5, 0.6) is 0 Å². The smallest absolute Gasteiger partial charge is 0.214 e. The number of halogens is 1. The number of aryl methyl sites for hydroxylation is 1. The molecule has 0 unspecified atom stereocenters. The van der Waals surface area contributed by atoms with Gasteiger partial charge >= 0.3 is 0 Å². The maximum Gasteiger partial charge on any atom is 0.214 e. The van der Waals surface area contributed by atoms with E-state index in [1.807, 2.05) is 18.6 Å². The van der Waals surface area contributed by atoms with Crippen LogP contribution in [0.4, 0.5) is 9.52 Å². The highest BCUT2D eigenvalue weighted by molar-refractivity contribution is 7.20. The zero-order valence-electron chi connectivity index (χ0n) is 12.2. The zero-order valence-corrected chi connectivity index (χ0v) is 13.8. The Morgan fingerprint density at radius 1 is 1.26 bits per heavy atom. The zero-order chi connectivity index (χ0) is 15.8. The van der Waals surface area contributed by atoms with Crippen molar-refractivity contribution in [2.45, 2.75) is 13.5 Å². The summed E-state index contributed by atoms with van der Waals surface area (Å²) in [4.78, 5) is 10.8. The van der Waals surface area contributed by atoms with Gasteiger partial charge in [-0.2, -0.15) is 0 Å². The molecule has 8 heteroatoms. The average molecular weight is 345 g/mol. The van der Waals surface area contributed by atoms with Crippen LogP contribution in [0.1, 0.15) is 10.6 Å². The summed E-state index contributed by atoms with van der Waals surface area (Å²) in [5.74, 6) is -0.252. The van der Waals surface area contributed by atoms with Gasteiger partial charge in [-0.15, -0.1) is 16.4 Å². The van der Waals surface area contributed by atoms with E-state index >= 15 is 0 Å². The highest BCUT2D eigenvalue weighted by Crippen LogP contribution is 2.25. The second-order valence-corrected chi connectivity index (χ2v) is 6.88. The Bertz CT molecular complexity index is 922. The van der Waals surface area contributed by atoms with Crippen LogP contribution in [0.3, 0.4) is 0 Å². The Morgan fingerprint density at radius 3 is 2.78 bits per heavy atom. The normalized spacial score (nSPS) is 11.2. The summed E-state index contributed by atoms with van der Waals surface area (Å²) < 4.78 is 14.7. The predicted molar refractivity (Wildman–Crippen MR) is 90.4 cm³/mol. The van der Waals surface area contributed by atoms with Gasteiger partial charge < -0.3 is 5.32 Å². The van der Waals surface area contributed by atoms with Crippen molar-refractivity contribution in [1.29, 1.82) is 0 Å². The number of fused-ring (bicyclic) bond motifs is 1. The Labute approximate surface area is 139 Å². The molecule has 3 aromatic heterocycles. The van der Waals surface area contributed by atoms with Gasteiger partial charge in [0, 0.05) is 10.4 Å². The van der Waals surface area contributed by atoms with Crippen molar-refractivity contribution in [2.75, 3.05) is 5.32 Å². The van der Waals surface area contributed by atoms with Gasteiger partial charge in [0.1, 0.15) is 5.82 Å². The van der Waals surface area contributed by atoms with Crippen molar-refractivity contribution < 1.29 is 4.39 Å². The quantitative estimate of drug-likeness (QED) is 0.608. The highest BCUT2D eigenvalue weighted by Gasteiger charge is 2.10. The molecule has 0 aliphatic carbocycles. The molecule has 0 atom stereocenters. The SMILES string of the molecule is Cc1ncsc1CNc1nn2cc(-c3ccc(F)cc3)nc2s1. The first kappa shape index (κ1) is 14.3. The van der Waals surface area contributed by atoms with Crippen molar-refractivity contribution >= 4 is 32.8 Å². The van der Waals surface area contributed by atoms with E-state index in [0.29, 0.717) is 6.54 Å². The Hall–Kier alpha value is -2.32. The number of nitrogens with zero attached hydrogens (tertiary/aromatic N) is 4. The fourth-order valence-corrected chi connectivity index (χ4v) is 3.68. The van der Waals surface area contributed by atoms with Gasteiger partial charge in [-0.25, -0.2) is 18.9 Å². The number of nitrogens with one attached hydrogen (secondary N) is 1. The van der Waals surface area contributed by atoms with Crippen molar-refractivity contribution in [3.63, 3.8) is 0 Å². The molecule has 4 aromatic rings. The van der Waals surface area contributed by atoms with Gasteiger partial charge in [-0.1, -0.05) is 11.3 Å². The minimum absolute atomic E-state index is 0.252. The summed E-state index contributed by atoms with van der Waals surface area (Å²) in [6, 6.07) is 6.29. The van der Waals surface area contributed by atoms with Crippen LogP contribution in [0.25, 0.3) is 16.2 Å². The molecule has 0 aliphatic rings. The number of anilines is 1. The lowest BCUT2D eigenvalue weighted by atomic mass is 10.2. The monoisotopic (exact) mass is 345 g/mol. The second-order valence-electron chi connectivity index (χ2n) is 4.98. The number of hydrogen-bond donors (Lipinski definition) is 1. The third-order valence-electron chi connectivity index (χ3n) is 3.43. The molecule has 0 aliphatic heterocycles. The van der Waals surface area contributed by atoms with E-state index < -0.39 is 0 Å². The molecule has 0 amide bonds. The standard InChI is InChI=1S/C15H12FN5S2/c1-9-13(22-8-18-9)6-17-14-20-21-7-12(19-15(21)23-14)10-2-4-11(16)5-3-10/h2-5,7-8H,6H2,1H3,(H,17,20). The molecule has 1 N–H and O–H groups in total. The highest BCUT2D eigenvalue weighted by atomic mass is 32.1. The number of imidazole rings is 1. The summed E-state index contributed by atoms with van der Waals surface area (Å²) in [7, 11) is 0. The number of rotatable bonds is 4. The van der Waals surface area contributed by atoms with E-state index in [0.717, 1.165) is 27.0 Å². The van der Waals surface area contributed by atoms with Gasteiger partial charge in [-0.3, -0.25) is 0 Å². The molecule has 0 spiro atoms. The van der Waals surface area contributed by atoms with Crippen LogP contribution < -0.4 is 5.32 Å². The third-order valence-corrected chi connectivity index (χ3v) is 5.24. The third kappa shape index (κ3) is 2.82. The molecule has 0 bridgehead atoms. The van der Waals surface area contributed by atoms with Crippen molar-refractivity contribution in [1.82, 2.24) is 19.6 Å². The van der Waals surface area contributed by atoms with E-state index in [9.17, 15) is 4.39 Å². The Morgan fingerprint density at radius 2 is 2.09 bits per heavy atom. The van der Waals surface area contributed by atoms with Crippen LogP contribution in [0.2, 0.25) is 0 Å². The molecule has 0 fully saturated rings. The minimum atomic E-state index is -0.252. The lowest BCUT2D eigenvalue weighted by molar-refractivity contribution is 0.628. The van der Waals surface area contributed by atoms with E-state index in [4.69, 9.17) is 0 Å². The first-order chi connectivity index (χ1) is 11.2. The van der Waals surface area contributed by atoms with Crippen LogP contribution in [0.15, 0.2) is 36.0 Å². The number of thiazole rings is 1. The largest absolute Gasteiger partial charge is 0.355 e. The lowest BCUT2D eigenvalue weighted by Crippen LogP contribution is -1.99. The van der Waals surface area contributed by atoms with Gasteiger partial charge in [0.05, 0.1) is 29.6 Å². The van der Waals surface area contributed by atoms with E-state index in [-0.39, 0.29) is 5.82 Å². The molecule has 0 saturated heterocycles. The summed E-state index contributed by atoms with van der Waals surface area (Å²) >= 11 is 3.11. The van der Waals surface area contributed by atoms with Crippen molar-refractivity contribution in [2.24, 2.45) is 0 Å². The molecule has 116 valence electrons. The summed E-state index contributed by atoms with van der Waals surface area (Å²) in [6.07, 6.45) is 1.85. The Kier molecular flexibility index (Phi) is 3.55. The molecular formula is C15H12FN5S2. The number of hydrogen-bond acceptors (Lipinski definition) is 6. The lowest BCUT2D eigenvalue weighted by Gasteiger charge is -1.99. The van der Waals surface area contributed by atoms with Crippen molar-refractivity contribution in [3.8, 4) is 11.3 Å². The van der Waals surface area contributed by atoms with Gasteiger partial charge in [0.15, 0.2) is 0 Å². The molecule has 0 saturated carbocycles. The molecule has 3 heterocycles. The van der Waals surface area contributed by atoms with Gasteiger partial charge in [0.25, 0.3) is 0 Å². The van der Waals surface area contributed by atoms with Crippen LogP contribution >= 0.6 is 22.7 Å². The van der Waals surface area contributed by atoms with Crippen LogP contribution in [-0.4, -0.2) is 19.6 Å². The van der Waals surface area contributed by atoms with E-state index in [1.54, 1.807) is 28.0 Å². The molecular weight excluding hydrogens is 333 g/mol. The predicted octanol–water partition coefficient (Wildman–Crippen LogP) is 3.97.